The number of aliphatic hydroxyl groups is 3. The van der Waals surface area contributed by atoms with Crippen LogP contribution in [0.3, 0.4) is 0 Å². The van der Waals surface area contributed by atoms with Crippen molar-refractivity contribution in [1.29, 1.82) is 0 Å². The third kappa shape index (κ3) is 8.10. The van der Waals surface area contributed by atoms with Gasteiger partial charge in [0.25, 0.3) is 0 Å². The highest BCUT2D eigenvalue weighted by atomic mass is 16.3. The van der Waals surface area contributed by atoms with E-state index in [4.69, 9.17) is 15.3 Å². The van der Waals surface area contributed by atoms with Crippen molar-refractivity contribution >= 4 is 0 Å². The highest BCUT2D eigenvalue weighted by Gasteiger charge is 2.04. The second-order valence-electron chi connectivity index (χ2n) is 2.67. The molecule has 0 aromatic carbocycles. The van der Waals surface area contributed by atoms with Gasteiger partial charge < -0.3 is 15.3 Å². The number of rotatable bonds is 8. The van der Waals surface area contributed by atoms with Gasteiger partial charge in [-0.3, -0.25) is 0 Å². The van der Waals surface area contributed by atoms with Gasteiger partial charge in [-0.1, -0.05) is 0 Å². The first-order valence-electron chi connectivity index (χ1n) is 4.37. The van der Waals surface area contributed by atoms with Crippen molar-refractivity contribution in [3.63, 3.8) is 0 Å². The fourth-order valence-electron chi connectivity index (χ4n) is 0.829. The van der Waals surface area contributed by atoms with Gasteiger partial charge in [0.2, 0.25) is 0 Å². The lowest BCUT2D eigenvalue weighted by Gasteiger charge is -2.24. The number of hydrogen-bond acceptors (Lipinski definition) is 6. The summed E-state index contributed by atoms with van der Waals surface area (Å²) in [6.45, 7) is 2.68. The monoisotopic (exact) mass is 193 g/mol. The molecule has 0 fully saturated rings. The first-order chi connectivity index (χ1) is 6.20. The Hall–Kier alpha value is -0.240. The van der Waals surface area contributed by atoms with Crippen molar-refractivity contribution in [2.24, 2.45) is 0 Å². The Morgan fingerprint density at radius 1 is 1.31 bits per heavy atom. The molecule has 0 aliphatic heterocycles. The van der Waals surface area contributed by atoms with Crippen LogP contribution >= 0.6 is 0 Å². The topological polar surface area (TPSA) is 88.0 Å². The molecule has 0 aliphatic rings. The van der Waals surface area contributed by atoms with Crippen molar-refractivity contribution < 1.29 is 15.3 Å². The SMILES string of the molecule is CC(O)NN(CCCO)NCCO. The third-order valence-electron chi connectivity index (χ3n) is 1.30. The Balaban J connectivity index is 3.60. The van der Waals surface area contributed by atoms with Crippen LogP contribution in [0.2, 0.25) is 0 Å². The molecule has 0 radical (unpaired) electrons. The van der Waals surface area contributed by atoms with Crippen LogP contribution in [0.15, 0.2) is 0 Å². The molecule has 6 nitrogen and oxygen atoms in total. The van der Waals surface area contributed by atoms with Crippen LogP contribution in [-0.4, -0.2) is 53.0 Å². The molecule has 1 unspecified atom stereocenters. The molecule has 0 spiro atoms. The minimum absolute atomic E-state index is 0.0249. The van der Waals surface area contributed by atoms with E-state index in [2.05, 4.69) is 10.9 Å². The molecule has 5 N–H and O–H groups in total. The average Bonchev–Trinajstić information content (AvgIpc) is 2.09. The lowest BCUT2D eigenvalue weighted by Crippen LogP contribution is -2.52. The van der Waals surface area contributed by atoms with Gasteiger partial charge >= 0.3 is 0 Å². The number of nitrogens with zero attached hydrogens (tertiary/aromatic N) is 1. The molecule has 80 valence electrons. The van der Waals surface area contributed by atoms with Crippen molar-refractivity contribution in [1.82, 2.24) is 16.0 Å². The van der Waals surface area contributed by atoms with E-state index in [1.807, 2.05) is 0 Å². The van der Waals surface area contributed by atoms with Crippen molar-refractivity contribution in [2.45, 2.75) is 19.6 Å². The highest BCUT2D eigenvalue weighted by molar-refractivity contribution is 4.48. The van der Waals surface area contributed by atoms with E-state index in [1.165, 1.54) is 0 Å². The van der Waals surface area contributed by atoms with Gasteiger partial charge in [0.05, 0.1) is 6.61 Å². The summed E-state index contributed by atoms with van der Waals surface area (Å²) in [5.74, 6) is 0. The minimum Gasteiger partial charge on any atom is -0.396 e. The molecule has 0 aromatic rings. The van der Waals surface area contributed by atoms with Crippen molar-refractivity contribution in [2.75, 3.05) is 26.3 Å². The molecule has 0 saturated carbocycles. The largest absolute Gasteiger partial charge is 0.396 e. The zero-order chi connectivity index (χ0) is 10.1. The second kappa shape index (κ2) is 8.36. The van der Waals surface area contributed by atoms with Gasteiger partial charge in [0, 0.05) is 19.7 Å². The smallest absolute Gasteiger partial charge is 0.115 e. The Kier molecular flexibility index (Phi) is 8.21. The maximum Gasteiger partial charge on any atom is 0.115 e. The quantitative estimate of drug-likeness (QED) is 0.227. The van der Waals surface area contributed by atoms with E-state index in [0.717, 1.165) is 0 Å². The Labute approximate surface area is 78.1 Å². The van der Waals surface area contributed by atoms with Crippen molar-refractivity contribution in [3.05, 3.63) is 0 Å². The van der Waals surface area contributed by atoms with Gasteiger partial charge in [-0.05, 0) is 13.3 Å². The average molecular weight is 193 g/mol. The molecular formula is C7H19N3O3. The first kappa shape index (κ1) is 12.8. The molecule has 0 bridgehead atoms. The Morgan fingerprint density at radius 2 is 2.00 bits per heavy atom. The molecule has 0 saturated heterocycles. The number of hydrogen-bond donors (Lipinski definition) is 5. The zero-order valence-electron chi connectivity index (χ0n) is 7.90. The number of hydrazine groups is 2. The molecule has 0 amide bonds. The van der Waals surface area contributed by atoms with Gasteiger partial charge in [-0.15, -0.1) is 0 Å². The van der Waals surface area contributed by atoms with E-state index >= 15 is 0 Å². The van der Waals surface area contributed by atoms with Gasteiger partial charge in [-0.25, -0.2) is 10.9 Å². The van der Waals surface area contributed by atoms with Crippen LogP contribution in [0.25, 0.3) is 0 Å². The number of aliphatic hydroxyl groups excluding tert-OH is 3. The van der Waals surface area contributed by atoms with Crippen LogP contribution in [0.1, 0.15) is 13.3 Å². The zero-order valence-corrected chi connectivity index (χ0v) is 7.90. The molecular weight excluding hydrogens is 174 g/mol. The second-order valence-corrected chi connectivity index (χ2v) is 2.67. The van der Waals surface area contributed by atoms with Gasteiger partial charge in [-0.2, -0.15) is 5.12 Å². The Bertz CT molecular complexity index is 105. The molecule has 6 heteroatoms. The maximum absolute atomic E-state index is 9.00. The summed E-state index contributed by atoms with van der Waals surface area (Å²) in [7, 11) is 0. The lowest BCUT2D eigenvalue weighted by molar-refractivity contribution is 0.00522. The highest BCUT2D eigenvalue weighted by Crippen LogP contribution is 1.84. The van der Waals surface area contributed by atoms with E-state index in [9.17, 15) is 0 Å². The molecule has 13 heavy (non-hydrogen) atoms. The maximum atomic E-state index is 9.00. The number of nitrogens with one attached hydrogen (secondary N) is 2. The lowest BCUT2D eigenvalue weighted by atomic mass is 10.4. The van der Waals surface area contributed by atoms with E-state index in [0.29, 0.717) is 19.5 Å². The standard InChI is InChI=1S/C7H19N3O3/c1-7(13)9-10(4-2-5-11)8-3-6-12/h7-9,11-13H,2-6H2,1H3. The van der Waals surface area contributed by atoms with E-state index < -0.39 is 6.23 Å². The van der Waals surface area contributed by atoms with Crippen molar-refractivity contribution in [3.8, 4) is 0 Å². The summed E-state index contributed by atoms with van der Waals surface area (Å²) in [5.41, 5.74) is 5.54. The summed E-state index contributed by atoms with van der Waals surface area (Å²) in [5, 5.41) is 27.7. The van der Waals surface area contributed by atoms with Crippen LogP contribution < -0.4 is 10.9 Å². The van der Waals surface area contributed by atoms with Crippen LogP contribution in [-0.2, 0) is 0 Å². The normalized spacial score (nSPS) is 13.6. The fourth-order valence-corrected chi connectivity index (χ4v) is 0.829. The van der Waals surface area contributed by atoms with Crippen LogP contribution in [0, 0.1) is 0 Å². The summed E-state index contributed by atoms with van der Waals surface area (Å²) < 4.78 is 0. The van der Waals surface area contributed by atoms with E-state index in [1.54, 1.807) is 12.0 Å². The third-order valence-corrected chi connectivity index (χ3v) is 1.30. The summed E-state index contributed by atoms with van der Waals surface area (Å²) in [6, 6.07) is 0. The first-order valence-corrected chi connectivity index (χ1v) is 4.37. The van der Waals surface area contributed by atoms with Gasteiger partial charge in [0.15, 0.2) is 0 Å². The fraction of sp³-hybridized carbons (Fsp3) is 1.00. The summed E-state index contributed by atoms with van der Waals surface area (Å²) >= 11 is 0. The molecule has 0 aromatic heterocycles. The predicted octanol–water partition coefficient (Wildman–Crippen LogP) is -1.99. The molecule has 0 aliphatic carbocycles. The molecule has 0 rings (SSSR count). The predicted molar refractivity (Wildman–Crippen MR) is 48.3 cm³/mol. The van der Waals surface area contributed by atoms with Crippen LogP contribution in [0.5, 0.6) is 0 Å². The molecule has 0 heterocycles. The molecule has 1 atom stereocenters. The Morgan fingerprint density at radius 3 is 2.46 bits per heavy atom. The summed E-state index contributed by atoms with van der Waals surface area (Å²) in [6.07, 6.45) is -0.0668. The van der Waals surface area contributed by atoms with E-state index in [-0.39, 0.29) is 13.2 Å². The van der Waals surface area contributed by atoms with Crippen LogP contribution in [0.4, 0.5) is 0 Å². The van der Waals surface area contributed by atoms with Gasteiger partial charge in [0.1, 0.15) is 6.23 Å². The minimum atomic E-state index is -0.662. The summed E-state index contributed by atoms with van der Waals surface area (Å²) in [4.78, 5) is 0.